The molecule has 27 heavy (non-hydrogen) atoms. The Morgan fingerprint density at radius 1 is 1.26 bits per heavy atom. The van der Waals surface area contributed by atoms with E-state index in [4.69, 9.17) is 32.7 Å². The number of carboxylic acid groups (broad SMARTS) is 1. The van der Waals surface area contributed by atoms with Crippen molar-refractivity contribution in [3.63, 3.8) is 0 Å². The van der Waals surface area contributed by atoms with Crippen LogP contribution in [0.2, 0.25) is 10.0 Å². The summed E-state index contributed by atoms with van der Waals surface area (Å²) in [6.45, 7) is 7.71. The molecular formula is C18H24Cl2N2O5. The Hall–Kier alpha value is -1.70. The average Bonchev–Trinajstić information content (AvgIpc) is 2.56. The first-order valence-electron chi connectivity index (χ1n) is 8.60. The van der Waals surface area contributed by atoms with Crippen molar-refractivity contribution in [2.24, 2.45) is 0 Å². The van der Waals surface area contributed by atoms with Crippen LogP contribution in [0.15, 0.2) is 12.1 Å². The molecular weight excluding hydrogens is 395 g/mol. The van der Waals surface area contributed by atoms with E-state index >= 15 is 0 Å². The molecule has 2 N–H and O–H groups in total. The topological polar surface area (TPSA) is 88.1 Å². The van der Waals surface area contributed by atoms with Crippen molar-refractivity contribution in [2.75, 3.05) is 31.2 Å². The van der Waals surface area contributed by atoms with Gasteiger partial charge in [-0.15, -0.1) is 0 Å². The number of carbonyl (C=O) groups is 2. The number of amides is 1. The number of nitrogens with one attached hydrogen (secondary N) is 1. The SMILES string of the molecule is CC(C)(C)OC(=O)NC(Cc1cc(Cl)c(N2CCOCC2)cc1Cl)C(=O)O. The highest BCUT2D eigenvalue weighted by Crippen LogP contribution is 2.33. The molecule has 1 fully saturated rings. The second-order valence-corrected chi connectivity index (χ2v) is 8.05. The number of carboxylic acids is 1. The lowest BCUT2D eigenvalue weighted by atomic mass is 10.0. The molecule has 0 radical (unpaired) electrons. The zero-order valence-corrected chi connectivity index (χ0v) is 17.1. The monoisotopic (exact) mass is 418 g/mol. The van der Waals surface area contributed by atoms with Crippen molar-refractivity contribution in [1.82, 2.24) is 5.32 Å². The summed E-state index contributed by atoms with van der Waals surface area (Å²) in [6, 6.07) is 2.17. The molecule has 0 aliphatic carbocycles. The van der Waals surface area contributed by atoms with Crippen LogP contribution in [0.25, 0.3) is 0 Å². The molecule has 1 aliphatic heterocycles. The zero-order chi connectivity index (χ0) is 20.2. The molecule has 0 aromatic heterocycles. The van der Waals surface area contributed by atoms with Gasteiger partial charge in [0.25, 0.3) is 0 Å². The maximum atomic E-state index is 11.9. The number of carbonyl (C=O) groups excluding carboxylic acids is 1. The molecule has 1 aromatic carbocycles. The van der Waals surface area contributed by atoms with Crippen LogP contribution in [-0.4, -0.2) is 55.1 Å². The molecule has 1 aromatic rings. The van der Waals surface area contributed by atoms with Gasteiger partial charge in [0.1, 0.15) is 11.6 Å². The quantitative estimate of drug-likeness (QED) is 0.761. The van der Waals surface area contributed by atoms with Gasteiger partial charge in [0.15, 0.2) is 0 Å². The summed E-state index contributed by atoms with van der Waals surface area (Å²) >= 11 is 12.7. The minimum absolute atomic E-state index is 0.0173. The number of benzene rings is 1. The molecule has 0 saturated carbocycles. The van der Waals surface area contributed by atoms with Gasteiger partial charge in [0.2, 0.25) is 0 Å². The second kappa shape index (κ2) is 8.99. The number of nitrogens with zero attached hydrogens (tertiary/aromatic N) is 1. The fourth-order valence-corrected chi connectivity index (χ4v) is 3.19. The lowest BCUT2D eigenvalue weighted by molar-refractivity contribution is -0.139. The molecule has 2 rings (SSSR count). The molecule has 0 spiro atoms. The van der Waals surface area contributed by atoms with Crippen molar-refractivity contribution in [3.05, 3.63) is 27.7 Å². The smallest absolute Gasteiger partial charge is 0.408 e. The van der Waals surface area contributed by atoms with E-state index in [1.807, 2.05) is 0 Å². The molecule has 1 heterocycles. The van der Waals surface area contributed by atoms with Crippen LogP contribution in [-0.2, 0) is 20.7 Å². The normalized spacial score (nSPS) is 16.0. The van der Waals surface area contributed by atoms with Gasteiger partial charge in [-0.05, 0) is 38.5 Å². The van der Waals surface area contributed by atoms with E-state index in [9.17, 15) is 14.7 Å². The molecule has 1 aliphatic rings. The number of anilines is 1. The zero-order valence-electron chi connectivity index (χ0n) is 15.6. The van der Waals surface area contributed by atoms with E-state index in [-0.39, 0.29) is 6.42 Å². The highest BCUT2D eigenvalue weighted by Gasteiger charge is 2.26. The van der Waals surface area contributed by atoms with Gasteiger partial charge in [-0.2, -0.15) is 0 Å². The lowest BCUT2D eigenvalue weighted by Gasteiger charge is -2.30. The minimum atomic E-state index is -1.19. The fourth-order valence-electron chi connectivity index (χ4n) is 2.65. The number of hydrogen-bond donors (Lipinski definition) is 2. The summed E-state index contributed by atoms with van der Waals surface area (Å²) in [4.78, 5) is 25.5. The van der Waals surface area contributed by atoms with E-state index in [1.54, 1.807) is 32.9 Å². The van der Waals surface area contributed by atoms with Gasteiger partial charge < -0.3 is 24.8 Å². The van der Waals surface area contributed by atoms with Crippen LogP contribution in [0.1, 0.15) is 26.3 Å². The minimum Gasteiger partial charge on any atom is -0.480 e. The van der Waals surface area contributed by atoms with Crippen molar-refractivity contribution in [1.29, 1.82) is 0 Å². The van der Waals surface area contributed by atoms with Crippen molar-refractivity contribution < 1.29 is 24.2 Å². The van der Waals surface area contributed by atoms with Gasteiger partial charge in [0.05, 0.1) is 23.9 Å². The number of ether oxygens (including phenoxy) is 2. The lowest BCUT2D eigenvalue weighted by Crippen LogP contribution is -2.44. The maximum absolute atomic E-state index is 11.9. The third-order valence-corrected chi connectivity index (χ3v) is 4.54. The average molecular weight is 419 g/mol. The van der Waals surface area contributed by atoms with Crippen LogP contribution in [0.3, 0.4) is 0 Å². The van der Waals surface area contributed by atoms with Gasteiger partial charge >= 0.3 is 12.1 Å². The molecule has 1 atom stereocenters. The number of halogens is 2. The van der Waals surface area contributed by atoms with Gasteiger partial charge in [-0.1, -0.05) is 23.2 Å². The Morgan fingerprint density at radius 3 is 2.44 bits per heavy atom. The van der Waals surface area contributed by atoms with E-state index in [0.29, 0.717) is 41.9 Å². The first-order valence-corrected chi connectivity index (χ1v) is 9.35. The number of aliphatic carboxylic acids is 1. The highest BCUT2D eigenvalue weighted by atomic mass is 35.5. The first kappa shape index (κ1) is 21.6. The Balaban J connectivity index is 2.14. The summed E-state index contributed by atoms with van der Waals surface area (Å²) < 4.78 is 10.4. The molecule has 1 unspecified atom stereocenters. The summed E-state index contributed by atoms with van der Waals surface area (Å²) in [6.07, 6.45) is -0.821. The maximum Gasteiger partial charge on any atom is 0.408 e. The summed E-state index contributed by atoms with van der Waals surface area (Å²) in [7, 11) is 0. The summed E-state index contributed by atoms with van der Waals surface area (Å²) in [5.74, 6) is -1.19. The number of alkyl carbamates (subject to hydrolysis) is 1. The standard InChI is InChI=1S/C18H24Cl2N2O5/c1-18(2,3)27-17(25)21-14(16(23)24)9-11-8-13(20)15(10-12(11)19)22-4-6-26-7-5-22/h8,10,14H,4-7,9H2,1-3H3,(H,21,25)(H,23,24). The van der Waals surface area contributed by atoms with Gasteiger partial charge in [-0.25, -0.2) is 9.59 Å². The number of hydrogen-bond acceptors (Lipinski definition) is 5. The van der Waals surface area contributed by atoms with Crippen LogP contribution in [0.4, 0.5) is 10.5 Å². The highest BCUT2D eigenvalue weighted by molar-refractivity contribution is 6.35. The summed E-state index contributed by atoms with van der Waals surface area (Å²) in [5, 5.41) is 12.6. The third-order valence-electron chi connectivity index (χ3n) is 3.88. The van der Waals surface area contributed by atoms with Crippen LogP contribution >= 0.6 is 23.2 Å². The number of rotatable bonds is 5. The third kappa shape index (κ3) is 6.45. The predicted octanol–water partition coefficient (Wildman–Crippen LogP) is 3.35. The van der Waals surface area contributed by atoms with E-state index in [2.05, 4.69) is 10.2 Å². The van der Waals surface area contributed by atoms with Gasteiger partial charge in [-0.3, -0.25) is 0 Å². The number of morpholine rings is 1. The van der Waals surface area contributed by atoms with Crippen molar-refractivity contribution in [3.8, 4) is 0 Å². The first-order chi connectivity index (χ1) is 12.6. The summed E-state index contributed by atoms with van der Waals surface area (Å²) in [5.41, 5.74) is 0.580. The predicted molar refractivity (Wildman–Crippen MR) is 104 cm³/mol. The Labute approximate surface area is 168 Å². The van der Waals surface area contributed by atoms with E-state index in [1.165, 1.54) is 0 Å². The van der Waals surface area contributed by atoms with Crippen LogP contribution in [0.5, 0.6) is 0 Å². The van der Waals surface area contributed by atoms with Crippen LogP contribution in [0, 0.1) is 0 Å². The fraction of sp³-hybridized carbons (Fsp3) is 0.556. The second-order valence-electron chi connectivity index (χ2n) is 7.24. The molecule has 7 nitrogen and oxygen atoms in total. The van der Waals surface area contributed by atoms with Crippen molar-refractivity contribution in [2.45, 2.75) is 38.8 Å². The van der Waals surface area contributed by atoms with E-state index in [0.717, 1.165) is 5.69 Å². The van der Waals surface area contributed by atoms with Crippen LogP contribution < -0.4 is 10.2 Å². The van der Waals surface area contributed by atoms with Crippen molar-refractivity contribution >= 4 is 41.0 Å². The van der Waals surface area contributed by atoms with E-state index < -0.39 is 23.7 Å². The Bertz CT molecular complexity index is 700. The largest absolute Gasteiger partial charge is 0.480 e. The Kier molecular flexibility index (Phi) is 7.19. The van der Waals surface area contributed by atoms with Gasteiger partial charge in [0, 0.05) is 24.5 Å². The molecule has 0 bridgehead atoms. The molecule has 150 valence electrons. The Morgan fingerprint density at radius 2 is 1.89 bits per heavy atom. The molecule has 9 heteroatoms. The molecule has 1 saturated heterocycles. The molecule has 1 amide bonds.